The van der Waals surface area contributed by atoms with Crippen LogP contribution in [0.2, 0.25) is 0 Å². The van der Waals surface area contributed by atoms with E-state index in [4.69, 9.17) is 26.9 Å². The van der Waals surface area contributed by atoms with E-state index in [2.05, 4.69) is 31.2 Å². The first kappa shape index (κ1) is 34.5. The summed E-state index contributed by atoms with van der Waals surface area (Å²) in [5, 5.41) is 38.2. The summed E-state index contributed by atoms with van der Waals surface area (Å²) in [5.74, 6) is -2.77. The van der Waals surface area contributed by atoms with Gasteiger partial charge in [0.25, 0.3) is 0 Å². The van der Waals surface area contributed by atoms with E-state index < -0.39 is 30.5 Å². The van der Waals surface area contributed by atoms with Crippen LogP contribution in [0.5, 0.6) is 5.75 Å². The van der Waals surface area contributed by atoms with Gasteiger partial charge in [0.15, 0.2) is 35.6 Å². The third kappa shape index (κ3) is 8.67. The molecule has 2 unspecified atom stereocenters. The molecule has 0 aliphatic rings. The number of carbonyl (C=O) groups is 1. The van der Waals surface area contributed by atoms with Crippen molar-refractivity contribution in [3.63, 3.8) is 0 Å². The Bertz CT molecular complexity index is 1760. The Morgan fingerprint density at radius 3 is 2.72 bits per heavy atom. The van der Waals surface area contributed by atoms with E-state index in [9.17, 15) is 18.7 Å². The Balaban J connectivity index is 1.38. The van der Waals surface area contributed by atoms with Crippen LogP contribution in [0.15, 0.2) is 48.9 Å². The van der Waals surface area contributed by atoms with Crippen molar-refractivity contribution in [3.8, 4) is 23.1 Å². The van der Waals surface area contributed by atoms with Gasteiger partial charge in [-0.2, -0.15) is 9.65 Å². The van der Waals surface area contributed by atoms with Gasteiger partial charge in [-0.25, -0.2) is 14.4 Å². The van der Waals surface area contributed by atoms with E-state index in [1.54, 1.807) is 28.8 Å². The van der Waals surface area contributed by atoms with Crippen molar-refractivity contribution < 1.29 is 23.4 Å². The molecule has 2 aromatic heterocycles. The van der Waals surface area contributed by atoms with Gasteiger partial charge in [0.2, 0.25) is 11.7 Å². The molecule has 10 N–H and O–H groups in total. The summed E-state index contributed by atoms with van der Waals surface area (Å²) in [7, 11) is 0. The molecule has 0 saturated heterocycles. The molecule has 47 heavy (non-hydrogen) atoms. The molecule has 2 atom stereocenters. The fourth-order valence-corrected chi connectivity index (χ4v) is 4.86. The molecule has 0 radical (unpaired) electrons. The molecule has 0 bridgehead atoms. The summed E-state index contributed by atoms with van der Waals surface area (Å²) in [6, 6.07) is 9.04. The smallest absolute Gasteiger partial charge is 0.236 e. The number of hydrogen-bond donors (Lipinski definition) is 8. The summed E-state index contributed by atoms with van der Waals surface area (Å²) in [5.41, 5.74) is 13.9. The van der Waals surface area contributed by atoms with Crippen LogP contribution in [0.1, 0.15) is 37.1 Å². The quantitative estimate of drug-likeness (QED) is 0.0380. The molecule has 1 amide bonds. The Morgan fingerprint density at radius 2 is 1.98 bits per heavy atom. The lowest BCUT2D eigenvalue weighted by Gasteiger charge is -2.19. The number of fused-ring (bicyclic) bond motifs is 1. The molecule has 0 aliphatic carbocycles. The number of nitrogens with one attached hydrogen (secondary N) is 5. The number of anilines is 2. The molecule has 0 fully saturated rings. The number of nitrogens with two attached hydrogens (primary N) is 2. The van der Waals surface area contributed by atoms with Gasteiger partial charge in [-0.15, -0.1) is 0 Å². The number of rotatable bonds is 16. The molecule has 2 aromatic carbocycles. The number of imidazole rings is 1. The summed E-state index contributed by atoms with van der Waals surface area (Å²) in [6.45, 7) is 2.54. The fourth-order valence-electron chi connectivity index (χ4n) is 4.86. The highest BCUT2D eigenvalue weighted by Crippen LogP contribution is 2.32. The number of halogens is 2. The maximum absolute atomic E-state index is 15.0. The Hall–Kier alpha value is -5.37. The SMILES string of the molecule is CCc1cc(Nc2nccn3c(-c4ccc(OCC#N)c(F)c4F)cnc23)ccc1C(O)NCCNC(=O)C(N)CCCNC(=N)N. The zero-order chi connectivity index (χ0) is 33.9. The second-order valence-electron chi connectivity index (χ2n) is 10.4. The first-order valence-corrected chi connectivity index (χ1v) is 14.9. The van der Waals surface area contributed by atoms with Crippen molar-refractivity contribution in [2.24, 2.45) is 11.5 Å². The number of aryl methyl sites for hydroxylation is 1. The number of nitrogens with zero attached hydrogens (tertiary/aromatic N) is 4. The third-order valence-electron chi connectivity index (χ3n) is 7.23. The van der Waals surface area contributed by atoms with Gasteiger partial charge in [0.1, 0.15) is 12.3 Å². The second-order valence-corrected chi connectivity index (χ2v) is 10.4. The van der Waals surface area contributed by atoms with Crippen molar-refractivity contribution in [2.45, 2.75) is 38.5 Å². The maximum atomic E-state index is 15.0. The van der Waals surface area contributed by atoms with Crippen LogP contribution in [0.4, 0.5) is 20.3 Å². The van der Waals surface area contributed by atoms with Crippen LogP contribution >= 0.6 is 0 Å². The number of aromatic nitrogens is 3. The van der Waals surface area contributed by atoms with Crippen LogP contribution < -0.4 is 37.5 Å². The number of nitriles is 1. The number of aliphatic hydroxyl groups excluding tert-OH is 1. The molecule has 0 saturated carbocycles. The minimum atomic E-state index is -1.20. The van der Waals surface area contributed by atoms with Gasteiger partial charge in [0.05, 0.1) is 17.9 Å². The van der Waals surface area contributed by atoms with Gasteiger partial charge in [-0.3, -0.25) is 19.9 Å². The standard InChI is InChI=1S/C31H37F2N11O3/c1-2-18-16-19(5-6-20(18)29(45)39-11-12-40-30(46)22(35)4-3-10-41-31(36)37)43-27-28-42-17-23(44(28)14-13-38-27)21-7-8-24(47-15-9-34)26(33)25(21)32/h5-8,13-14,16-17,22,29,39,45H,2-4,10-12,15,35H2,1H3,(H,38,43)(H,40,46)(H4,36,37,41). The molecule has 0 spiro atoms. The van der Waals surface area contributed by atoms with Crippen molar-refractivity contribution in [3.05, 3.63) is 71.7 Å². The Morgan fingerprint density at radius 1 is 1.17 bits per heavy atom. The topological polar surface area (TPSA) is 225 Å². The Labute approximate surface area is 269 Å². The summed E-state index contributed by atoms with van der Waals surface area (Å²) in [6.07, 6.45) is 5.11. The lowest BCUT2D eigenvalue weighted by molar-refractivity contribution is -0.122. The first-order chi connectivity index (χ1) is 22.6. The minimum Gasteiger partial charge on any atom is -0.476 e. The highest BCUT2D eigenvalue weighted by molar-refractivity contribution is 5.81. The van der Waals surface area contributed by atoms with Crippen molar-refractivity contribution >= 4 is 29.0 Å². The van der Waals surface area contributed by atoms with Crippen LogP contribution in [-0.2, 0) is 11.2 Å². The molecule has 0 aliphatic heterocycles. The number of carbonyl (C=O) groups excluding carboxylic acids is 1. The van der Waals surface area contributed by atoms with Gasteiger partial charge in [0, 0.05) is 43.3 Å². The first-order valence-electron chi connectivity index (χ1n) is 14.9. The number of ether oxygens (including phenoxy) is 1. The lowest BCUT2D eigenvalue weighted by atomic mass is 10.0. The van der Waals surface area contributed by atoms with E-state index in [0.717, 1.165) is 5.56 Å². The van der Waals surface area contributed by atoms with E-state index >= 15 is 0 Å². The zero-order valence-electron chi connectivity index (χ0n) is 25.7. The Kier molecular flexibility index (Phi) is 11.9. The van der Waals surface area contributed by atoms with Gasteiger partial charge in [-0.1, -0.05) is 13.0 Å². The third-order valence-corrected chi connectivity index (χ3v) is 7.23. The summed E-state index contributed by atoms with van der Waals surface area (Å²) < 4.78 is 36.1. The summed E-state index contributed by atoms with van der Waals surface area (Å²) in [4.78, 5) is 21.0. The molecule has 4 rings (SSSR count). The predicted octanol–water partition coefficient (Wildman–Crippen LogP) is 2.17. The van der Waals surface area contributed by atoms with Crippen LogP contribution in [0.3, 0.4) is 0 Å². The van der Waals surface area contributed by atoms with E-state index in [1.807, 2.05) is 13.0 Å². The number of guanidine groups is 1. The number of aliphatic hydroxyl groups is 1. The van der Waals surface area contributed by atoms with Gasteiger partial charge >= 0.3 is 0 Å². The van der Waals surface area contributed by atoms with Crippen molar-refractivity contribution in [1.29, 1.82) is 10.7 Å². The molecular formula is C31H37F2N11O3. The summed E-state index contributed by atoms with van der Waals surface area (Å²) >= 11 is 0. The molecule has 2 heterocycles. The van der Waals surface area contributed by atoms with Gasteiger partial charge in [-0.05, 0) is 54.7 Å². The fraction of sp³-hybridized carbons (Fsp3) is 0.323. The number of hydrogen-bond acceptors (Lipinski definition) is 10. The lowest BCUT2D eigenvalue weighted by Crippen LogP contribution is -2.43. The van der Waals surface area contributed by atoms with E-state index in [-0.39, 0.29) is 35.4 Å². The maximum Gasteiger partial charge on any atom is 0.236 e. The van der Waals surface area contributed by atoms with Gasteiger partial charge < -0.3 is 37.3 Å². The second kappa shape index (κ2) is 16.3. The molecular weight excluding hydrogens is 612 g/mol. The van der Waals surface area contributed by atoms with Crippen LogP contribution in [0, 0.1) is 28.4 Å². The predicted molar refractivity (Wildman–Crippen MR) is 172 cm³/mol. The molecule has 4 aromatic rings. The average Bonchev–Trinajstić information content (AvgIpc) is 3.50. The van der Waals surface area contributed by atoms with Crippen molar-refractivity contribution in [1.82, 2.24) is 30.3 Å². The highest BCUT2D eigenvalue weighted by Gasteiger charge is 2.20. The monoisotopic (exact) mass is 649 g/mol. The van der Waals surface area contributed by atoms with Crippen molar-refractivity contribution in [2.75, 3.05) is 31.6 Å². The molecule has 16 heteroatoms. The number of amides is 1. The normalized spacial score (nSPS) is 12.3. The molecule has 14 nitrogen and oxygen atoms in total. The van der Waals surface area contributed by atoms with Crippen LogP contribution in [-0.4, -0.2) is 63.6 Å². The minimum absolute atomic E-state index is 0.0447. The zero-order valence-corrected chi connectivity index (χ0v) is 25.7. The van der Waals surface area contributed by atoms with E-state index in [0.29, 0.717) is 55.1 Å². The van der Waals surface area contributed by atoms with E-state index in [1.165, 1.54) is 24.5 Å². The number of benzene rings is 2. The average molecular weight is 650 g/mol. The highest BCUT2D eigenvalue weighted by atomic mass is 19.2. The van der Waals surface area contributed by atoms with Crippen LogP contribution in [0.25, 0.3) is 16.9 Å². The molecule has 248 valence electrons. The largest absolute Gasteiger partial charge is 0.476 e.